The van der Waals surface area contributed by atoms with Crippen LogP contribution in [-0.4, -0.2) is 18.0 Å². The van der Waals surface area contributed by atoms with E-state index in [1.807, 2.05) is 54.6 Å². The maximum absolute atomic E-state index is 12.2. The van der Waals surface area contributed by atoms with Crippen LogP contribution in [0.3, 0.4) is 0 Å². The minimum atomic E-state index is -0.117. The second-order valence-corrected chi connectivity index (χ2v) is 4.80. The summed E-state index contributed by atoms with van der Waals surface area (Å²) in [5.74, 6) is 0.648. The molecular weight excluding hydrogens is 300 g/mol. The zero-order valence-corrected chi connectivity index (χ0v) is 12.9. The Morgan fingerprint density at radius 2 is 1.91 bits per heavy atom. The van der Waals surface area contributed by atoms with Crippen LogP contribution in [-0.2, 0) is 6.54 Å². The quantitative estimate of drug-likeness (QED) is 0.773. The van der Waals surface area contributed by atoms with Gasteiger partial charge in [0.25, 0.3) is 5.91 Å². The average molecular weight is 317 g/mol. The molecule has 2 aromatic carbocycles. The summed E-state index contributed by atoms with van der Waals surface area (Å²) < 4.78 is 5.18. The summed E-state index contributed by atoms with van der Waals surface area (Å²) in [7, 11) is 1.62. The normalized spacial score (nSPS) is 10.0. The lowest BCUT2D eigenvalue weighted by molar-refractivity contribution is 0.0947. The lowest BCUT2D eigenvalue weighted by Gasteiger charge is -2.03. The summed E-state index contributed by atoms with van der Waals surface area (Å²) in [6, 6.07) is 17.4. The fourth-order valence-corrected chi connectivity index (χ4v) is 2.23. The maximum atomic E-state index is 12.2. The van der Waals surface area contributed by atoms with Crippen LogP contribution < -0.4 is 10.1 Å². The van der Waals surface area contributed by atoms with E-state index in [1.165, 1.54) is 0 Å². The molecule has 0 saturated heterocycles. The van der Waals surface area contributed by atoms with Gasteiger partial charge >= 0.3 is 0 Å². The van der Waals surface area contributed by atoms with Crippen LogP contribution in [0.1, 0.15) is 16.1 Å². The van der Waals surface area contributed by atoms with Crippen molar-refractivity contribution in [3.8, 4) is 5.75 Å². The smallest absolute Gasteiger partial charge is 0.267 e. The molecule has 3 aromatic rings. The fraction of sp³-hybridized carbons (Fsp3) is 0.118. The van der Waals surface area contributed by atoms with Gasteiger partial charge in [0, 0.05) is 23.5 Å². The summed E-state index contributed by atoms with van der Waals surface area (Å²) in [6.45, 7) is 0.512. The van der Waals surface area contributed by atoms with Crippen LogP contribution in [0.15, 0.2) is 54.6 Å². The predicted molar refractivity (Wildman–Crippen MR) is 89.7 cm³/mol. The highest BCUT2D eigenvalue weighted by molar-refractivity contribution is 5.98. The van der Waals surface area contributed by atoms with Gasteiger partial charge in [-0.3, -0.25) is 4.79 Å². The Labute approximate surface area is 134 Å². The molecule has 0 spiro atoms. The summed E-state index contributed by atoms with van der Waals surface area (Å²) >= 11 is 0. The van der Waals surface area contributed by atoms with Crippen LogP contribution in [0.4, 0.5) is 0 Å². The molecule has 0 aliphatic carbocycles. The number of hydrogen-bond donors (Lipinski definition) is 2. The number of fused-ring (bicyclic) bond motifs is 1. The van der Waals surface area contributed by atoms with Gasteiger partial charge < -0.3 is 15.0 Å². The van der Waals surface area contributed by atoms with Gasteiger partial charge in [-0.25, -0.2) is 0 Å². The number of carbonyl (C=O) groups excluding carboxylic acids is 1. The molecule has 0 fully saturated rings. The SMILES string of the molecule is COc1ccc2cc(C(=O)NCc3ccccc3)[nH]c2c1.Cl. The summed E-state index contributed by atoms with van der Waals surface area (Å²) in [5, 5.41) is 3.89. The highest BCUT2D eigenvalue weighted by Gasteiger charge is 2.09. The molecule has 0 radical (unpaired) electrons. The van der Waals surface area contributed by atoms with Crippen molar-refractivity contribution >= 4 is 29.2 Å². The van der Waals surface area contributed by atoms with Crippen LogP contribution in [0.25, 0.3) is 10.9 Å². The van der Waals surface area contributed by atoms with Crippen molar-refractivity contribution in [3.63, 3.8) is 0 Å². The third-order valence-corrected chi connectivity index (χ3v) is 3.37. The first kappa shape index (κ1) is 15.9. The van der Waals surface area contributed by atoms with Gasteiger partial charge in [0.15, 0.2) is 0 Å². The number of methoxy groups -OCH3 is 1. The molecular formula is C17H17ClN2O2. The third-order valence-electron chi connectivity index (χ3n) is 3.37. The molecule has 0 atom stereocenters. The third kappa shape index (κ3) is 3.40. The van der Waals surface area contributed by atoms with Gasteiger partial charge in [-0.15, -0.1) is 12.4 Å². The van der Waals surface area contributed by atoms with Crippen molar-refractivity contribution in [1.82, 2.24) is 10.3 Å². The Morgan fingerprint density at radius 3 is 2.64 bits per heavy atom. The molecule has 1 aromatic heterocycles. The molecule has 114 valence electrons. The molecule has 0 unspecified atom stereocenters. The van der Waals surface area contributed by atoms with E-state index in [4.69, 9.17) is 4.74 Å². The zero-order valence-electron chi connectivity index (χ0n) is 12.1. The Balaban J connectivity index is 0.00000176. The predicted octanol–water partition coefficient (Wildman–Crippen LogP) is 3.53. The van der Waals surface area contributed by atoms with Gasteiger partial charge in [0.1, 0.15) is 11.4 Å². The number of benzene rings is 2. The Bertz CT molecular complexity index is 769. The highest BCUT2D eigenvalue weighted by Crippen LogP contribution is 2.21. The minimum Gasteiger partial charge on any atom is -0.497 e. The van der Waals surface area contributed by atoms with E-state index < -0.39 is 0 Å². The molecule has 1 heterocycles. The van der Waals surface area contributed by atoms with E-state index >= 15 is 0 Å². The van der Waals surface area contributed by atoms with Crippen molar-refractivity contribution in [2.75, 3.05) is 7.11 Å². The maximum Gasteiger partial charge on any atom is 0.267 e. The van der Waals surface area contributed by atoms with Crippen molar-refractivity contribution in [3.05, 3.63) is 65.9 Å². The molecule has 2 N–H and O–H groups in total. The Kier molecular flexibility index (Phi) is 5.07. The number of hydrogen-bond acceptors (Lipinski definition) is 2. The molecule has 1 amide bonds. The molecule has 3 rings (SSSR count). The number of rotatable bonds is 4. The minimum absolute atomic E-state index is 0. The van der Waals surface area contributed by atoms with E-state index in [2.05, 4.69) is 10.3 Å². The van der Waals surface area contributed by atoms with Crippen LogP contribution >= 0.6 is 12.4 Å². The van der Waals surface area contributed by atoms with Gasteiger partial charge in [-0.1, -0.05) is 30.3 Å². The molecule has 5 heteroatoms. The van der Waals surface area contributed by atoms with E-state index in [0.29, 0.717) is 12.2 Å². The number of nitrogens with one attached hydrogen (secondary N) is 2. The lowest BCUT2D eigenvalue weighted by atomic mass is 10.2. The van der Waals surface area contributed by atoms with Gasteiger partial charge in [0.2, 0.25) is 0 Å². The first-order valence-electron chi connectivity index (χ1n) is 6.75. The zero-order chi connectivity index (χ0) is 14.7. The lowest BCUT2D eigenvalue weighted by Crippen LogP contribution is -2.22. The first-order chi connectivity index (χ1) is 10.3. The van der Waals surface area contributed by atoms with Crippen molar-refractivity contribution in [2.24, 2.45) is 0 Å². The van der Waals surface area contributed by atoms with Crippen molar-refractivity contribution in [1.29, 1.82) is 0 Å². The number of halogens is 1. The fourth-order valence-electron chi connectivity index (χ4n) is 2.23. The largest absolute Gasteiger partial charge is 0.497 e. The molecule has 0 aliphatic rings. The number of amides is 1. The average Bonchev–Trinajstić information content (AvgIpc) is 2.96. The molecule has 0 aliphatic heterocycles. The van der Waals surface area contributed by atoms with Crippen LogP contribution in [0.5, 0.6) is 5.75 Å². The monoisotopic (exact) mass is 316 g/mol. The topological polar surface area (TPSA) is 54.1 Å². The van der Waals surface area contributed by atoms with Gasteiger partial charge in [-0.2, -0.15) is 0 Å². The van der Waals surface area contributed by atoms with Gasteiger partial charge in [0.05, 0.1) is 7.11 Å². The molecule has 22 heavy (non-hydrogen) atoms. The van der Waals surface area contributed by atoms with E-state index in [9.17, 15) is 4.79 Å². The number of aromatic nitrogens is 1. The van der Waals surface area contributed by atoms with E-state index in [1.54, 1.807) is 7.11 Å². The van der Waals surface area contributed by atoms with E-state index in [-0.39, 0.29) is 18.3 Å². The summed E-state index contributed by atoms with van der Waals surface area (Å²) in [5.41, 5.74) is 2.51. The van der Waals surface area contributed by atoms with E-state index in [0.717, 1.165) is 22.2 Å². The van der Waals surface area contributed by atoms with Crippen LogP contribution in [0.2, 0.25) is 0 Å². The number of H-pyrrole nitrogens is 1. The molecule has 0 bridgehead atoms. The Morgan fingerprint density at radius 1 is 1.14 bits per heavy atom. The van der Waals surface area contributed by atoms with Crippen molar-refractivity contribution in [2.45, 2.75) is 6.54 Å². The standard InChI is InChI=1S/C17H16N2O2.ClH/c1-21-14-8-7-13-9-16(19-15(13)10-14)17(20)18-11-12-5-3-2-4-6-12;/h2-10,19H,11H2,1H3,(H,18,20);1H. The highest BCUT2D eigenvalue weighted by atomic mass is 35.5. The van der Waals surface area contributed by atoms with Gasteiger partial charge in [-0.05, 0) is 23.8 Å². The number of ether oxygens (including phenoxy) is 1. The second-order valence-electron chi connectivity index (χ2n) is 4.80. The van der Waals surface area contributed by atoms with Crippen molar-refractivity contribution < 1.29 is 9.53 Å². The van der Waals surface area contributed by atoms with Crippen LogP contribution in [0, 0.1) is 0 Å². The molecule has 0 saturated carbocycles. The summed E-state index contributed by atoms with van der Waals surface area (Å²) in [4.78, 5) is 15.3. The molecule has 4 nitrogen and oxygen atoms in total. The number of aromatic amines is 1. The Hall–Kier alpha value is -2.46. The first-order valence-corrected chi connectivity index (χ1v) is 6.75. The summed E-state index contributed by atoms with van der Waals surface area (Å²) in [6.07, 6.45) is 0. The number of carbonyl (C=O) groups is 1. The second kappa shape index (κ2) is 7.00.